The van der Waals surface area contributed by atoms with Gasteiger partial charge in [-0.3, -0.25) is 0 Å². The minimum absolute atomic E-state index is 0.0673. The van der Waals surface area contributed by atoms with E-state index in [1.54, 1.807) is 13.8 Å². The topological polar surface area (TPSA) is 105 Å². The van der Waals surface area contributed by atoms with Crippen LogP contribution in [0.5, 0.6) is 0 Å². The van der Waals surface area contributed by atoms with Crippen molar-refractivity contribution in [3.8, 4) is 0 Å². The fourth-order valence-electron chi connectivity index (χ4n) is 2.01. The zero-order valence-corrected chi connectivity index (χ0v) is 15.3. The second-order valence-electron chi connectivity index (χ2n) is 5.99. The van der Waals surface area contributed by atoms with E-state index in [0.29, 0.717) is 25.3 Å². The largest absolute Gasteiger partial charge is 0.478 e. The second kappa shape index (κ2) is 9.00. The van der Waals surface area contributed by atoms with E-state index in [1.807, 2.05) is 13.8 Å². The maximum atomic E-state index is 12.2. The highest BCUT2D eigenvalue weighted by Gasteiger charge is 2.19. The van der Waals surface area contributed by atoms with Crippen LogP contribution in [0.3, 0.4) is 0 Å². The third-order valence-corrected chi connectivity index (χ3v) is 4.67. The molecule has 0 bridgehead atoms. The Bertz CT molecular complexity index is 656. The van der Waals surface area contributed by atoms with Crippen LogP contribution in [0.15, 0.2) is 23.1 Å². The number of aromatic carboxylic acids is 1. The zero-order valence-electron chi connectivity index (χ0n) is 14.5. The summed E-state index contributed by atoms with van der Waals surface area (Å²) in [7, 11) is -3.73. The summed E-state index contributed by atoms with van der Waals surface area (Å²) in [4.78, 5) is 11.4. The monoisotopic (exact) mass is 358 g/mol. The van der Waals surface area contributed by atoms with Crippen LogP contribution in [-0.2, 0) is 14.8 Å². The quantitative estimate of drug-likeness (QED) is 0.554. The fourth-order valence-corrected chi connectivity index (χ4v) is 3.29. The summed E-state index contributed by atoms with van der Waals surface area (Å²) in [6.07, 6.45) is 0.865. The second-order valence-corrected chi connectivity index (χ2v) is 7.70. The lowest BCUT2D eigenvalue weighted by atomic mass is 10.2. The van der Waals surface area contributed by atoms with Gasteiger partial charge in [-0.2, -0.15) is 0 Å². The molecule has 8 heteroatoms. The molecule has 136 valence electrons. The molecule has 0 aliphatic rings. The van der Waals surface area contributed by atoms with Crippen molar-refractivity contribution >= 4 is 21.7 Å². The predicted octanol–water partition coefficient (Wildman–Crippen LogP) is 2.30. The minimum Gasteiger partial charge on any atom is -0.478 e. The molecule has 0 amide bonds. The molecule has 1 rings (SSSR count). The molecule has 3 N–H and O–H groups in total. The summed E-state index contributed by atoms with van der Waals surface area (Å²) >= 11 is 0. The van der Waals surface area contributed by atoms with Gasteiger partial charge in [-0.1, -0.05) is 0 Å². The molecule has 24 heavy (non-hydrogen) atoms. The van der Waals surface area contributed by atoms with Crippen molar-refractivity contribution in [3.05, 3.63) is 23.8 Å². The number of hydrogen-bond donors (Lipinski definition) is 3. The van der Waals surface area contributed by atoms with Crippen LogP contribution in [0.25, 0.3) is 0 Å². The molecule has 0 heterocycles. The molecule has 0 spiro atoms. The van der Waals surface area contributed by atoms with Crippen LogP contribution in [0.1, 0.15) is 44.5 Å². The Morgan fingerprint density at radius 3 is 2.46 bits per heavy atom. The van der Waals surface area contributed by atoms with Crippen LogP contribution in [0.4, 0.5) is 5.69 Å². The van der Waals surface area contributed by atoms with E-state index in [9.17, 15) is 18.3 Å². The number of benzene rings is 1. The molecule has 0 saturated carbocycles. The predicted molar refractivity (Wildman–Crippen MR) is 93.1 cm³/mol. The number of anilines is 1. The van der Waals surface area contributed by atoms with Crippen molar-refractivity contribution in [1.29, 1.82) is 0 Å². The third-order valence-electron chi connectivity index (χ3n) is 3.01. The maximum absolute atomic E-state index is 12.2. The van der Waals surface area contributed by atoms with Crippen molar-refractivity contribution in [2.24, 2.45) is 0 Å². The summed E-state index contributed by atoms with van der Waals surface area (Å²) in [5.41, 5.74) is 0.307. The van der Waals surface area contributed by atoms with E-state index < -0.39 is 16.0 Å². The molecule has 0 atom stereocenters. The number of ether oxygens (including phenoxy) is 1. The highest BCUT2D eigenvalue weighted by molar-refractivity contribution is 7.89. The number of sulfonamides is 1. The van der Waals surface area contributed by atoms with Crippen LogP contribution in [0.2, 0.25) is 0 Å². The number of hydrogen-bond acceptors (Lipinski definition) is 5. The van der Waals surface area contributed by atoms with E-state index in [1.165, 1.54) is 18.2 Å². The molecule has 1 aromatic carbocycles. The zero-order chi connectivity index (χ0) is 18.3. The van der Waals surface area contributed by atoms with Gasteiger partial charge in [0.2, 0.25) is 10.0 Å². The van der Waals surface area contributed by atoms with Crippen molar-refractivity contribution in [3.63, 3.8) is 0 Å². The Balaban J connectivity index is 2.86. The molecule has 0 radical (unpaired) electrons. The lowest BCUT2D eigenvalue weighted by Gasteiger charge is -2.14. The Labute approximate surface area is 143 Å². The highest BCUT2D eigenvalue weighted by Crippen LogP contribution is 2.21. The highest BCUT2D eigenvalue weighted by atomic mass is 32.2. The summed E-state index contributed by atoms with van der Waals surface area (Å²) in [5.74, 6) is -1.18. The Morgan fingerprint density at radius 2 is 1.92 bits per heavy atom. The molecular formula is C16H26N2O5S. The first-order valence-electron chi connectivity index (χ1n) is 7.88. The van der Waals surface area contributed by atoms with Crippen molar-refractivity contribution in [2.45, 2.75) is 51.2 Å². The van der Waals surface area contributed by atoms with Gasteiger partial charge in [0.1, 0.15) is 0 Å². The number of carboxylic acids is 1. The van der Waals surface area contributed by atoms with E-state index in [-0.39, 0.29) is 22.6 Å². The molecule has 0 aliphatic carbocycles. The van der Waals surface area contributed by atoms with Crippen molar-refractivity contribution < 1.29 is 23.1 Å². The number of rotatable bonds is 10. The van der Waals surface area contributed by atoms with Crippen molar-refractivity contribution in [2.75, 3.05) is 18.5 Å². The molecule has 0 aliphatic heterocycles. The van der Waals surface area contributed by atoms with Crippen LogP contribution in [0, 0.1) is 0 Å². The summed E-state index contributed by atoms with van der Waals surface area (Å²) < 4.78 is 32.1. The average molecular weight is 358 g/mol. The normalized spacial score (nSPS) is 11.9. The van der Waals surface area contributed by atoms with Gasteiger partial charge >= 0.3 is 5.97 Å². The minimum atomic E-state index is -3.73. The van der Waals surface area contributed by atoms with Gasteiger partial charge in [-0.25, -0.2) is 17.9 Å². The van der Waals surface area contributed by atoms with Gasteiger partial charge < -0.3 is 15.2 Å². The first-order chi connectivity index (χ1) is 11.1. The lowest BCUT2D eigenvalue weighted by Crippen LogP contribution is -2.30. The van der Waals surface area contributed by atoms with E-state index in [2.05, 4.69) is 10.0 Å². The molecule has 0 unspecified atom stereocenters. The first kappa shape index (κ1) is 20.4. The van der Waals surface area contributed by atoms with Gasteiger partial charge in [0.25, 0.3) is 0 Å². The van der Waals surface area contributed by atoms with Gasteiger partial charge in [-0.15, -0.1) is 0 Å². The molecule has 7 nitrogen and oxygen atoms in total. The maximum Gasteiger partial charge on any atom is 0.337 e. The molecule has 0 aromatic heterocycles. The van der Waals surface area contributed by atoms with Gasteiger partial charge in [0.05, 0.1) is 16.6 Å². The molecule has 1 aromatic rings. The first-order valence-corrected chi connectivity index (χ1v) is 9.37. The lowest BCUT2D eigenvalue weighted by molar-refractivity contribution is 0.0697. The summed E-state index contributed by atoms with van der Waals surface area (Å²) in [6.45, 7) is 8.39. The van der Waals surface area contributed by atoms with Crippen LogP contribution < -0.4 is 10.0 Å². The van der Waals surface area contributed by atoms with E-state index in [4.69, 9.17) is 4.74 Å². The van der Waals surface area contributed by atoms with E-state index >= 15 is 0 Å². The Morgan fingerprint density at radius 1 is 1.25 bits per heavy atom. The van der Waals surface area contributed by atoms with Crippen LogP contribution in [-0.4, -0.2) is 44.8 Å². The van der Waals surface area contributed by atoms with Gasteiger partial charge in [0.15, 0.2) is 0 Å². The number of nitrogens with one attached hydrogen (secondary N) is 2. The molecular weight excluding hydrogens is 332 g/mol. The Kier molecular flexibility index (Phi) is 7.65. The SMILES string of the molecule is CC(C)NS(=O)(=O)c1ccc(NCCCOC(C)C)c(C(=O)O)c1. The molecule has 0 saturated heterocycles. The van der Waals surface area contributed by atoms with Crippen LogP contribution >= 0.6 is 0 Å². The summed E-state index contributed by atoms with van der Waals surface area (Å²) in [5, 5.41) is 12.3. The van der Waals surface area contributed by atoms with E-state index in [0.717, 1.165) is 0 Å². The smallest absolute Gasteiger partial charge is 0.337 e. The Hall–Kier alpha value is -1.64. The number of carboxylic acid groups (broad SMARTS) is 1. The third kappa shape index (κ3) is 6.46. The number of carbonyl (C=O) groups is 1. The van der Waals surface area contributed by atoms with Crippen molar-refractivity contribution in [1.82, 2.24) is 4.72 Å². The van der Waals surface area contributed by atoms with Gasteiger partial charge in [0, 0.05) is 24.9 Å². The average Bonchev–Trinajstić information content (AvgIpc) is 2.45. The fraction of sp³-hybridized carbons (Fsp3) is 0.562. The summed E-state index contributed by atoms with van der Waals surface area (Å²) in [6, 6.07) is 3.76. The standard InChI is InChI=1S/C16H26N2O5S/c1-11(2)18-24(21,22)13-6-7-15(14(10-13)16(19)20)17-8-5-9-23-12(3)4/h6-7,10-12,17-18H,5,8-9H2,1-4H3,(H,19,20). The van der Waals surface area contributed by atoms with Gasteiger partial charge in [-0.05, 0) is 52.3 Å². The molecule has 0 fully saturated rings.